The van der Waals surface area contributed by atoms with Crippen molar-refractivity contribution < 1.29 is 69.3 Å². The molecule has 2 aromatic carbocycles. The summed E-state index contributed by atoms with van der Waals surface area (Å²) in [7, 11) is 0.339. The van der Waals surface area contributed by atoms with Crippen LogP contribution >= 0.6 is 0 Å². The number of hydrogen-bond acceptors (Lipinski definition) is 4. The fourth-order valence-electron chi connectivity index (χ4n) is 1.94. The van der Waals surface area contributed by atoms with Crippen LogP contribution in [0.3, 0.4) is 0 Å². The van der Waals surface area contributed by atoms with Gasteiger partial charge in [-0.05, 0) is 39.3 Å². The molecule has 0 atom stereocenters. The molecule has 0 aliphatic carbocycles. The number of rotatable bonds is 6. The molecule has 9 heteroatoms. The van der Waals surface area contributed by atoms with Crippen molar-refractivity contribution in [3.8, 4) is 23.0 Å². The van der Waals surface area contributed by atoms with Crippen molar-refractivity contribution in [1.82, 2.24) is 0 Å². The van der Waals surface area contributed by atoms with Crippen LogP contribution in [0, 0.1) is 0 Å². The molecular formula is C18H30Cl2O4Si2Zr. The van der Waals surface area contributed by atoms with E-state index in [9.17, 15) is 0 Å². The van der Waals surface area contributed by atoms with Crippen LogP contribution in [0.2, 0.25) is 39.3 Å². The minimum Gasteiger partial charge on any atom is -1.00 e. The summed E-state index contributed by atoms with van der Waals surface area (Å²) < 4.78 is 21.8. The molecule has 0 aliphatic rings. The molecule has 0 unspecified atom stereocenters. The van der Waals surface area contributed by atoms with Gasteiger partial charge in [0.1, 0.15) is 0 Å². The van der Waals surface area contributed by atoms with Gasteiger partial charge in [-0.15, -0.1) is 12.1 Å². The van der Waals surface area contributed by atoms with Crippen LogP contribution in [0.4, 0.5) is 0 Å². The number of methoxy groups -OCH3 is 2. The smallest absolute Gasteiger partial charge is 1.00 e. The second-order valence-corrected chi connectivity index (χ2v) is 16.2. The van der Waals surface area contributed by atoms with Crippen molar-refractivity contribution in [2.24, 2.45) is 0 Å². The molecule has 0 aliphatic heterocycles. The minimum atomic E-state index is -1.49. The predicted molar refractivity (Wildman–Crippen MR) is 105 cm³/mol. The monoisotopic (exact) mass is 526 g/mol. The second-order valence-electron chi connectivity index (χ2n) is 7.35. The maximum atomic E-state index is 5.78. The molecule has 0 amide bonds. The molecule has 0 saturated carbocycles. The van der Waals surface area contributed by atoms with Crippen LogP contribution in [-0.4, -0.2) is 30.9 Å². The van der Waals surface area contributed by atoms with E-state index in [4.69, 9.17) is 18.3 Å². The molecular weight excluding hydrogens is 498 g/mol. The van der Waals surface area contributed by atoms with Crippen LogP contribution in [0.5, 0.6) is 23.0 Å². The molecule has 0 radical (unpaired) electrons. The SMILES string of the molecule is CO[c-]1cccc1O[Si](C)(C)C.CO[c-]1cccc1O[Si](C)(C)C.[Cl-].[Cl-].[Zr+4]. The largest absolute Gasteiger partial charge is 4.00 e. The third-order valence-electron chi connectivity index (χ3n) is 2.75. The van der Waals surface area contributed by atoms with Crippen LogP contribution in [0.25, 0.3) is 0 Å². The molecule has 0 saturated heterocycles. The van der Waals surface area contributed by atoms with Crippen molar-refractivity contribution in [3.05, 3.63) is 36.4 Å². The van der Waals surface area contributed by atoms with E-state index in [0.29, 0.717) is 0 Å². The zero-order valence-corrected chi connectivity index (χ0v) is 23.3. The Morgan fingerprint density at radius 2 is 0.963 bits per heavy atom. The first-order chi connectivity index (χ1) is 11.1. The average molecular weight is 529 g/mol. The quantitative estimate of drug-likeness (QED) is 0.366. The standard InChI is InChI=1S/2C9H15O2Si.2ClH.Zr/c2*1-10-8-6-5-7-9(8)11-12(2,3)4;;;/h2*5-7H,1-4H3;2*1H;/q2*-1;;;+4/p-2. The molecule has 2 aromatic rings. The average Bonchev–Trinajstić information content (AvgIpc) is 3.04. The molecule has 4 nitrogen and oxygen atoms in total. The van der Waals surface area contributed by atoms with Crippen LogP contribution in [-0.2, 0) is 26.2 Å². The van der Waals surface area contributed by atoms with E-state index in [2.05, 4.69) is 39.3 Å². The van der Waals surface area contributed by atoms with Gasteiger partial charge in [0, 0.05) is 23.0 Å². The van der Waals surface area contributed by atoms with Crippen molar-refractivity contribution in [1.29, 1.82) is 0 Å². The Kier molecular flexibility index (Phi) is 16.2. The predicted octanol–water partition coefficient (Wildman–Crippen LogP) is -0.739. The van der Waals surface area contributed by atoms with Gasteiger partial charge in [0.15, 0.2) is 0 Å². The van der Waals surface area contributed by atoms with E-state index in [1.807, 2.05) is 36.4 Å². The first kappa shape index (κ1) is 31.5. The van der Waals surface area contributed by atoms with Crippen molar-refractivity contribution >= 4 is 16.6 Å². The van der Waals surface area contributed by atoms with E-state index in [0.717, 1.165) is 23.0 Å². The van der Waals surface area contributed by atoms with Gasteiger partial charge in [-0.25, -0.2) is 12.1 Å². The molecule has 152 valence electrons. The van der Waals surface area contributed by atoms with E-state index in [-0.39, 0.29) is 51.0 Å². The number of hydrogen-bond donors (Lipinski definition) is 0. The molecule has 0 aromatic heterocycles. The summed E-state index contributed by atoms with van der Waals surface area (Å²) in [6, 6.07) is 11.6. The van der Waals surface area contributed by atoms with Gasteiger partial charge in [-0.2, -0.15) is 12.1 Å². The molecule has 0 fully saturated rings. The van der Waals surface area contributed by atoms with E-state index in [1.165, 1.54) is 0 Å². The third kappa shape index (κ3) is 12.8. The first-order valence-electron chi connectivity index (χ1n) is 8.03. The Morgan fingerprint density at radius 3 is 1.19 bits per heavy atom. The van der Waals surface area contributed by atoms with Crippen molar-refractivity contribution in [2.75, 3.05) is 14.2 Å². The van der Waals surface area contributed by atoms with Crippen LogP contribution in [0.15, 0.2) is 36.4 Å². The molecule has 0 heterocycles. The Bertz CT molecular complexity index is 565. The zero-order valence-electron chi connectivity index (χ0n) is 17.4. The summed E-state index contributed by atoms with van der Waals surface area (Å²) in [5.74, 6) is 3.41. The Balaban J connectivity index is -0.000000384. The van der Waals surface area contributed by atoms with Crippen LogP contribution < -0.4 is 43.1 Å². The Hall–Kier alpha value is -0.203. The maximum Gasteiger partial charge on any atom is 4.00 e. The summed E-state index contributed by atoms with van der Waals surface area (Å²) in [5.41, 5.74) is 0. The third-order valence-corrected chi connectivity index (χ3v) is 4.41. The zero-order chi connectivity index (χ0) is 18.4. The van der Waals surface area contributed by atoms with Gasteiger partial charge in [0.05, 0.1) is 14.2 Å². The fraction of sp³-hybridized carbons (Fsp3) is 0.444. The Morgan fingerprint density at radius 1 is 0.667 bits per heavy atom. The molecule has 0 spiro atoms. The summed E-state index contributed by atoms with van der Waals surface area (Å²) >= 11 is 0. The second kappa shape index (κ2) is 13.9. The van der Waals surface area contributed by atoms with Gasteiger partial charge < -0.3 is 43.1 Å². The Labute approximate surface area is 197 Å². The maximum absolute atomic E-state index is 5.78. The molecule has 2 rings (SSSR count). The topological polar surface area (TPSA) is 36.9 Å². The fourth-order valence-corrected chi connectivity index (χ4v) is 3.60. The van der Waals surface area contributed by atoms with E-state index < -0.39 is 16.6 Å². The summed E-state index contributed by atoms with van der Waals surface area (Å²) in [6.07, 6.45) is 0. The normalized spacial score (nSPS) is 10.1. The number of ether oxygens (including phenoxy) is 2. The number of halogens is 2. The molecule has 27 heavy (non-hydrogen) atoms. The minimum absolute atomic E-state index is 0. The van der Waals surface area contributed by atoms with Crippen LogP contribution in [0.1, 0.15) is 0 Å². The van der Waals surface area contributed by atoms with E-state index in [1.54, 1.807) is 14.2 Å². The van der Waals surface area contributed by atoms with Crippen molar-refractivity contribution in [2.45, 2.75) is 39.3 Å². The first-order valence-corrected chi connectivity index (χ1v) is 14.8. The van der Waals surface area contributed by atoms with Crippen molar-refractivity contribution in [3.63, 3.8) is 0 Å². The van der Waals surface area contributed by atoms with Gasteiger partial charge in [-0.1, -0.05) is 0 Å². The van der Waals surface area contributed by atoms with Gasteiger partial charge in [-0.3, -0.25) is 0 Å². The molecule has 0 bridgehead atoms. The van der Waals surface area contributed by atoms with Gasteiger partial charge in [0.25, 0.3) is 0 Å². The van der Waals surface area contributed by atoms with E-state index >= 15 is 0 Å². The summed E-state index contributed by atoms with van der Waals surface area (Å²) in [4.78, 5) is 0. The molecule has 0 N–H and O–H groups in total. The van der Waals surface area contributed by atoms with Gasteiger partial charge >= 0.3 is 26.2 Å². The summed E-state index contributed by atoms with van der Waals surface area (Å²) in [6.45, 7) is 12.9. The van der Waals surface area contributed by atoms with Gasteiger partial charge in [0.2, 0.25) is 16.6 Å². The summed E-state index contributed by atoms with van der Waals surface area (Å²) in [5, 5.41) is 0.